The average Bonchev–Trinajstić information content (AvgIpc) is 2.14. The highest BCUT2D eigenvalue weighted by Gasteiger charge is 2.24. The van der Waals surface area contributed by atoms with Gasteiger partial charge in [0.15, 0.2) is 0 Å². The Labute approximate surface area is 72.8 Å². The van der Waals surface area contributed by atoms with Crippen molar-refractivity contribution in [2.75, 3.05) is 20.1 Å². The lowest BCUT2D eigenvalue weighted by atomic mass is 10.2. The van der Waals surface area contributed by atoms with Crippen molar-refractivity contribution in [2.24, 2.45) is 0 Å². The van der Waals surface area contributed by atoms with E-state index in [9.17, 15) is 4.39 Å². The molecule has 1 saturated heterocycles. The molecule has 2 atom stereocenters. The largest absolute Gasteiger partial charge is 0.313 e. The fraction of sp³-hybridized carbons (Fsp3) is 1.00. The van der Waals surface area contributed by atoms with E-state index in [2.05, 4.69) is 10.6 Å². The molecule has 1 aliphatic heterocycles. The maximum atomic E-state index is 12.5. The van der Waals surface area contributed by atoms with Gasteiger partial charge in [-0.1, -0.05) is 0 Å². The van der Waals surface area contributed by atoms with Crippen LogP contribution in [0.25, 0.3) is 0 Å². The van der Waals surface area contributed by atoms with Crippen LogP contribution in [-0.2, 0) is 0 Å². The molecular weight excluding hydrogens is 178 g/mol. The molecule has 64 valence electrons. The van der Waals surface area contributed by atoms with Crippen LogP contribution in [0.4, 0.5) is 4.39 Å². The molecule has 0 radical (unpaired) electrons. The molecule has 0 spiro atoms. The molecule has 2 N–H and O–H groups in total. The van der Waals surface area contributed by atoms with Crippen LogP contribution in [0.1, 0.15) is 0 Å². The first-order valence-electron chi connectivity index (χ1n) is 2.86. The summed E-state index contributed by atoms with van der Waals surface area (Å²) in [6, 6.07) is 0.0370. The Morgan fingerprint density at radius 3 is 2.20 bits per heavy atom. The summed E-state index contributed by atoms with van der Waals surface area (Å²) < 4.78 is 12.5. The van der Waals surface area contributed by atoms with Crippen LogP contribution in [-0.4, -0.2) is 32.4 Å². The van der Waals surface area contributed by atoms with Gasteiger partial charge in [0.2, 0.25) is 0 Å². The van der Waals surface area contributed by atoms with Gasteiger partial charge in [-0.05, 0) is 7.05 Å². The summed E-state index contributed by atoms with van der Waals surface area (Å²) in [4.78, 5) is 0. The monoisotopic (exact) mass is 190 g/mol. The van der Waals surface area contributed by atoms with E-state index >= 15 is 0 Å². The molecule has 0 aromatic heterocycles. The van der Waals surface area contributed by atoms with Crippen molar-refractivity contribution in [3.8, 4) is 0 Å². The molecule has 5 heteroatoms. The van der Waals surface area contributed by atoms with E-state index in [1.807, 2.05) is 0 Å². The molecule has 0 saturated carbocycles. The van der Waals surface area contributed by atoms with Crippen molar-refractivity contribution in [1.82, 2.24) is 10.6 Å². The second-order valence-electron chi connectivity index (χ2n) is 2.07. The molecule has 0 aromatic carbocycles. The fourth-order valence-corrected chi connectivity index (χ4v) is 0.930. The molecule has 1 heterocycles. The fourth-order valence-electron chi connectivity index (χ4n) is 0.930. The molecule has 0 unspecified atom stereocenters. The van der Waals surface area contributed by atoms with Gasteiger partial charge in [-0.2, -0.15) is 0 Å². The molecule has 10 heavy (non-hydrogen) atoms. The van der Waals surface area contributed by atoms with Gasteiger partial charge in [0.05, 0.1) is 6.04 Å². The molecule has 0 aromatic rings. The quantitative estimate of drug-likeness (QED) is 0.625. The van der Waals surface area contributed by atoms with Gasteiger partial charge in [-0.25, -0.2) is 4.39 Å². The van der Waals surface area contributed by atoms with E-state index in [0.29, 0.717) is 6.54 Å². The highest BCUT2D eigenvalue weighted by Crippen LogP contribution is 2.01. The van der Waals surface area contributed by atoms with Gasteiger partial charge in [-0.3, -0.25) is 0 Å². The third-order valence-corrected chi connectivity index (χ3v) is 1.51. The van der Waals surface area contributed by atoms with E-state index < -0.39 is 6.17 Å². The Morgan fingerprint density at radius 1 is 1.40 bits per heavy atom. The lowest BCUT2D eigenvalue weighted by molar-refractivity contribution is 0.309. The molecule has 2 nitrogen and oxygen atoms in total. The van der Waals surface area contributed by atoms with Crippen molar-refractivity contribution in [2.45, 2.75) is 12.2 Å². The average molecular weight is 191 g/mol. The van der Waals surface area contributed by atoms with E-state index in [-0.39, 0.29) is 30.9 Å². The Kier molecular flexibility index (Phi) is 8.04. The number of halogens is 3. The molecule has 1 aliphatic rings. The van der Waals surface area contributed by atoms with E-state index in [4.69, 9.17) is 0 Å². The lowest BCUT2D eigenvalue weighted by Crippen LogP contribution is -2.33. The van der Waals surface area contributed by atoms with Gasteiger partial charge in [0.1, 0.15) is 6.17 Å². The number of nitrogens with one attached hydrogen (secondary N) is 2. The number of hydrogen-bond donors (Lipinski definition) is 2. The molecule has 0 bridgehead atoms. The second-order valence-corrected chi connectivity index (χ2v) is 2.07. The van der Waals surface area contributed by atoms with Crippen molar-refractivity contribution < 1.29 is 4.39 Å². The zero-order valence-electron chi connectivity index (χ0n) is 5.76. The minimum Gasteiger partial charge on any atom is -0.313 e. The zero-order valence-corrected chi connectivity index (χ0v) is 7.40. The van der Waals surface area contributed by atoms with Gasteiger partial charge >= 0.3 is 0 Å². The van der Waals surface area contributed by atoms with E-state index in [0.717, 1.165) is 6.54 Å². The molecule has 1 rings (SSSR count). The van der Waals surface area contributed by atoms with E-state index in [1.165, 1.54) is 0 Å². The van der Waals surface area contributed by atoms with Crippen LogP contribution in [0.2, 0.25) is 0 Å². The SMILES string of the molecule is CN[C@@H]1CNC[C@@H]1F.Cl.Cl. The summed E-state index contributed by atoms with van der Waals surface area (Å²) in [7, 11) is 1.78. The first kappa shape index (κ1) is 13.1. The maximum Gasteiger partial charge on any atom is 0.129 e. The normalized spacial score (nSPS) is 30.6. The summed E-state index contributed by atoms with van der Waals surface area (Å²) in [5, 5.41) is 5.81. The van der Waals surface area contributed by atoms with Crippen LogP contribution in [0.15, 0.2) is 0 Å². The maximum absolute atomic E-state index is 12.5. The molecule has 0 amide bonds. The third kappa shape index (κ3) is 3.01. The second kappa shape index (κ2) is 6.16. The van der Waals surface area contributed by atoms with Gasteiger partial charge < -0.3 is 10.6 Å². The van der Waals surface area contributed by atoms with Gasteiger partial charge in [-0.15, -0.1) is 24.8 Å². The minimum absolute atomic E-state index is 0. The van der Waals surface area contributed by atoms with Crippen molar-refractivity contribution in [3.63, 3.8) is 0 Å². The van der Waals surface area contributed by atoms with Crippen LogP contribution in [0.3, 0.4) is 0 Å². The standard InChI is InChI=1S/C5H11FN2.2ClH/c1-7-5-3-8-2-4(5)6;;/h4-5,7-8H,2-3H2,1H3;2*1H/t4-,5+;;/m0../s1. The summed E-state index contributed by atoms with van der Waals surface area (Å²) in [5.74, 6) is 0. The Bertz CT molecular complexity index is 84.0. The topological polar surface area (TPSA) is 24.1 Å². The molecule has 0 aliphatic carbocycles. The van der Waals surface area contributed by atoms with Gasteiger partial charge in [0, 0.05) is 13.1 Å². The highest BCUT2D eigenvalue weighted by molar-refractivity contribution is 5.85. The van der Waals surface area contributed by atoms with Crippen LogP contribution < -0.4 is 10.6 Å². The first-order valence-corrected chi connectivity index (χ1v) is 2.86. The highest BCUT2D eigenvalue weighted by atomic mass is 35.5. The number of rotatable bonds is 1. The van der Waals surface area contributed by atoms with Crippen LogP contribution in [0.5, 0.6) is 0 Å². The Balaban J connectivity index is 0. The third-order valence-electron chi connectivity index (χ3n) is 1.51. The first-order chi connectivity index (χ1) is 3.84. The number of alkyl halides is 1. The minimum atomic E-state index is -0.694. The van der Waals surface area contributed by atoms with Crippen molar-refractivity contribution in [1.29, 1.82) is 0 Å². The van der Waals surface area contributed by atoms with Crippen molar-refractivity contribution >= 4 is 24.8 Å². The Hall–Kier alpha value is 0.430. The van der Waals surface area contributed by atoms with Crippen LogP contribution in [0, 0.1) is 0 Å². The molecule has 1 fully saturated rings. The van der Waals surface area contributed by atoms with Crippen molar-refractivity contribution in [3.05, 3.63) is 0 Å². The summed E-state index contributed by atoms with van der Waals surface area (Å²) in [6.45, 7) is 1.27. The molecular formula is C5H13Cl2FN2. The van der Waals surface area contributed by atoms with Gasteiger partial charge in [0.25, 0.3) is 0 Å². The zero-order chi connectivity index (χ0) is 5.98. The predicted octanol–water partition coefficient (Wildman–Crippen LogP) is 0.359. The number of hydrogen-bond acceptors (Lipinski definition) is 2. The number of likely N-dealkylation sites (N-methyl/N-ethyl adjacent to an activating group) is 1. The smallest absolute Gasteiger partial charge is 0.129 e. The summed E-state index contributed by atoms with van der Waals surface area (Å²) in [6.07, 6.45) is -0.694. The summed E-state index contributed by atoms with van der Waals surface area (Å²) >= 11 is 0. The van der Waals surface area contributed by atoms with E-state index in [1.54, 1.807) is 7.05 Å². The lowest BCUT2D eigenvalue weighted by Gasteiger charge is -2.07. The summed E-state index contributed by atoms with van der Waals surface area (Å²) in [5.41, 5.74) is 0. The van der Waals surface area contributed by atoms with Crippen LogP contribution >= 0.6 is 24.8 Å². The Morgan fingerprint density at radius 2 is 2.00 bits per heavy atom. The predicted molar refractivity (Wildman–Crippen MR) is 45.1 cm³/mol.